The van der Waals surface area contributed by atoms with Gasteiger partial charge in [-0.2, -0.15) is 0 Å². The summed E-state index contributed by atoms with van der Waals surface area (Å²) in [5.74, 6) is 0. The lowest BCUT2D eigenvalue weighted by molar-refractivity contribution is 0.167. The van der Waals surface area contributed by atoms with Crippen LogP contribution in [0.2, 0.25) is 0 Å². The van der Waals surface area contributed by atoms with Crippen LogP contribution in [0.25, 0.3) is 0 Å². The average molecular weight is 334 g/mol. The number of carbonyl (C=O) groups excluding carboxylic acids is 1. The Morgan fingerprint density at radius 1 is 1.30 bits per heavy atom. The Hall–Kier alpha value is -2.12. The summed E-state index contributed by atoms with van der Waals surface area (Å²) in [6, 6.07) is 9.15. The summed E-state index contributed by atoms with van der Waals surface area (Å²) in [5.41, 5.74) is 1.69. The van der Waals surface area contributed by atoms with E-state index in [1.807, 2.05) is 54.7 Å². The number of amides is 2. The van der Waals surface area contributed by atoms with E-state index < -0.39 is 6.10 Å². The topological polar surface area (TPSA) is 77.5 Å². The van der Waals surface area contributed by atoms with Gasteiger partial charge >= 0.3 is 6.03 Å². The van der Waals surface area contributed by atoms with Crippen molar-refractivity contribution in [1.29, 1.82) is 0 Å². The molecule has 1 atom stereocenters. The highest BCUT2D eigenvalue weighted by atomic mass is 32.1. The van der Waals surface area contributed by atoms with Crippen LogP contribution < -0.4 is 15.5 Å². The summed E-state index contributed by atoms with van der Waals surface area (Å²) in [4.78, 5) is 18.1. The van der Waals surface area contributed by atoms with Crippen molar-refractivity contribution in [1.82, 2.24) is 15.6 Å². The number of carbonyl (C=O) groups is 1. The van der Waals surface area contributed by atoms with E-state index in [1.54, 1.807) is 0 Å². The van der Waals surface area contributed by atoms with E-state index in [4.69, 9.17) is 0 Å². The van der Waals surface area contributed by atoms with Gasteiger partial charge in [0.2, 0.25) is 0 Å². The summed E-state index contributed by atoms with van der Waals surface area (Å²) in [5, 5.41) is 18.3. The number of rotatable bonds is 7. The van der Waals surface area contributed by atoms with Crippen LogP contribution in [-0.4, -0.2) is 36.8 Å². The maximum atomic E-state index is 11.7. The molecule has 0 aliphatic carbocycles. The third-order valence-electron chi connectivity index (χ3n) is 3.24. The van der Waals surface area contributed by atoms with Gasteiger partial charge in [-0.25, -0.2) is 9.78 Å². The van der Waals surface area contributed by atoms with Crippen molar-refractivity contribution in [2.24, 2.45) is 0 Å². The number of anilines is 1. The second-order valence-corrected chi connectivity index (χ2v) is 6.18. The van der Waals surface area contributed by atoms with E-state index in [0.717, 1.165) is 16.4 Å². The largest absolute Gasteiger partial charge is 0.388 e. The third kappa shape index (κ3) is 5.54. The fraction of sp³-hybridized carbons (Fsp3) is 0.375. The van der Waals surface area contributed by atoms with E-state index in [2.05, 4.69) is 15.6 Å². The van der Waals surface area contributed by atoms with Crippen molar-refractivity contribution >= 4 is 22.5 Å². The minimum Gasteiger partial charge on any atom is -0.388 e. The summed E-state index contributed by atoms with van der Waals surface area (Å²) in [7, 11) is 3.86. The first-order valence-electron chi connectivity index (χ1n) is 7.42. The summed E-state index contributed by atoms with van der Waals surface area (Å²) in [6.07, 6.45) is -0.100. The summed E-state index contributed by atoms with van der Waals surface area (Å²) < 4.78 is 0. The van der Waals surface area contributed by atoms with E-state index in [1.165, 1.54) is 11.3 Å². The zero-order chi connectivity index (χ0) is 16.7. The highest BCUT2D eigenvalue weighted by Crippen LogP contribution is 2.17. The van der Waals surface area contributed by atoms with E-state index in [-0.39, 0.29) is 6.03 Å². The quantitative estimate of drug-likeness (QED) is 0.725. The van der Waals surface area contributed by atoms with E-state index in [0.29, 0.717) is 19.5 Å². The molecule has 0 aliphatic heterocycles. The van der Waals surface area contributed by atoms with Crippen LogP contribution in [0.15, 0.2) is 35.7 Å². The number of urea groups is 1. The van der Waals surface area contributed by atoms with Crippen molar-refractivity contribution < 1.29 is 9.90 Å². The van der Waals surface area contributed by atoms with Crippen LogP contribution in [0.3, 0.4) is 0 Å². The number of nitrogens with one attached hydrogen (secondary N) is 2. The first-order chi connectivity index (χ1) is 11.1. The molecular formula is C16H22N4O2S. The number of aromatic nitrogens is 1. The summed E-state index contributed by atoms with van der Waals surface area (Å²) in [6.45, 7) is 0.791. The molecule has 1 aromatic carbocycles. The van der Waals surface area contributed by atoms with Crippen LogP contribution in [-0.2, 0) is 6.54 Å². The average Bonchev–Trinajstić information content (AvgIpc) is 3.03. The van der Waals surface area contributed by atoms with Crippen molar-refractivity contribution in [2.75, 3.05) is 25.5 Å². The number of nitrogens with zero attached hydrogens (tertiary/aromatic N) is 2. The molecule has 124 valence electrons. The van der Waals surface area contributed by atoms with Crippen molar-refractivity contribution in [3.8, 4) is 0 Å². The highest BCUT2D eigenvalue weighted by Gasteiger charge is 2.08. The van der Waals surface area contributed by atoms with Crippen molar-refractivity contribution in [2.45, 2.75) is 19.1 Å². The smallest absolute Gasteiger partial charge is 0.315 e. The fourth-order valence-electron chi connectivity index (χ4n) is 1.98. The number of aliphatic hydroxyl groups is 1. The lowest BCUT2D eigenvalue weighted by Gasteiger charge is -2.12. The van der Waals surface area contributed by atoms with Crippen LogP contribution in [0.5, 0.6) is 0 Å². The van der Waals surface area contributed by atoms with Gasteiger partial charge in [-0.1, -0.05) is 30.3 Å². The number of aliphatic hydroxyl groups excluding tert-OH is 1. The molecule has 0 saturated heterocycles. The van der Waals surface area contributed by atoms with Gasteiger partial charge in [0.1, 0.15) is 0 Å². The molecule has 2 amide bonds. The molecule has 0 aliphatic rings. The normalized spacial score (nSPS) is 11.8. The number of thiazole rings is 1. The Balaban J connectivity index is 1.67. The molecule has 2 rings (SSSR count). The Morgan fingerprint density at radius 3 is 2.70 bits per heavy atom. The molecule has 1 unspecified atom stereocenters. The second kappa shape index (κ2) is 8.50. The molecule has 1 aromatic heterocycles. The first kappa shape index (κ1) is 17.2. The second-order valence-electron chi connectivity index (χ2n) is 5.34. The van der Waals surface area contributed by atoms with Gasteiger partial charge in [-0.15, -0.1) is 11.3 Å². The molecule has 0 radical (unpaired) electrons. The molecule has 0 saturated carbocycles. The SMILES string of the molecule is CN(C)c1nc(CNC(=O)NCCC(O)c2ccccc2)cs1. The molecule has 3 N–H and O–H groups in total. The zero-order valence-electron chi connectivity index (χ0n) is 13.3. The lowest BCUT2D eigenvalue weighted by atomic mass is 10.1. The van der Waals surface area contributed by atoms with Crippen molar-refractivity contribution in [3.63, 3.8) is 0 Å². The Morgan fingerprint density at radius 2 is 2.04 bits per heavy atom. The van der Waals surface area contributed by atoms with Crippen LogP contribution in [0.1, 0.15) is 23.8 Å². The predicted octanol–water partition coefficient (Wildman–Crippen LogP) is 2.13. The Bertz CT molecular complexity index is 616. The molecular weight excluding hydrogens is 312 g/mol. The van der Waals surface area contributed by atoms with E-state index >= 15 is 0 Å². The van der Waals surface area contributed by atoms with Gasteiger partial charge < -0.3 is 20.6 Å². The minimum absolute atomic E-state index is 0.260. The van der Waals surface area contributed by atoms with Crippen LogP contribution in [0.4, 0.5) is 9.93 Å². The van der Waals surface area contributed by atoms with Gasteiger partial charge in [0.15, 0.2) is 5.13 Å². The number of hydrogen-bond acceptors (Lipinski definition) is 5. The Labute approximate surface area is 140 Å². The fourth-order valence-corrected chi connectivity index (χ4v) is 2.74. The van der Waals surface area contributed by atoms with Gasteiger partial charge in [-0.05, 0) is 12.0 Å². The molecule has 0 bridgehead atoms. The standard InChI is InChI=1S/C16H22N4O2S/c1-20(2)16-19-13(11-23-16)10-18-15(22)17-9-8-14(21)12-6-4-3-5-7-12/h3-7,11,14,21H,8-10H2,1-2H3,(H2,17,18,22). The first-order valence-corrected chi connectivity index (χ1v) is 8.30. The summed E-state index contributed by atoms with van der Waals surface area (Å²) >= 11 is 1.54. The molecule has 7 heteroatoms. The molecule has 0 fully saturated rings. The molecule has 1 heterocycles. The molecule has 2 aromatic rings. The number of hydrogen-bond donors (Lipinski definition) is 3. The van der Waals surface area contributed by atoms with E-state index in [9.17, 15) is 9.90 Å². The lowest BCUT2D eigenvalue weighted by Crippen LogP contribution is -2.36. The third-order valence-corrected chi connectivity index (χ3v) is 4.30. The van der Waals surface area contributed by atoms with Crippen LogP contribution in [0, 0.1) is 0 Å². The predicted molar refractivity (Wildman–Crippen MR) is 92.7 cm³/mol. The molecule has 6 nitrogen and oxygen atoms in total. The maximum Gasteiger partial charge on any atom is 0.315 e. The van der Waals surface area contributed by atoms with Gasteiger partial charge in [0.05, 0.1) is 18.3 Å². The Kier molecular flexibility index (Phi) is 6.37. The van der Waals surface area contributed by atoms with Gasteiger partial charge in [0, 0.05) is 26.0 Å². The molecule has 23 heavy (non-hydrogen) atoms. The highest BCUT2D eigenvalue weighted by molar-refractivity contribution is 7.13. The zero-order valence-corrected chi connectivity index (χ0v) is 14.1. The molecule has 0 spiro atoms. The maximum absolute atomic E-state index is 11.7. The van der Waals surface area contributed by atoms with Crippen molar-refractivity contribution in [3.05, 3.63) is 47.0 Å². The van der Waals surface area contributed by atoms with Gasteiger partial charge in [-0.3, -0.25) is 0 Å². The minimum atomic E-state index is -0.572. The van der Waals surface area contributed by atoms with Gasteiger partial charge in [0.25, 0.3) is 0 Å². The monoisotopic (exact) mass is 334 g/mol. The van der Waals surface area contributed by atoms with Crippen LogP contribution >= 0.6 is 11.3 Å². The number of benzene rings is 1.